The first-order chi connectivity index (χ1) is 10.4. The second kappa shape index (κ2) is 5.41. The van der Waals surface area contributed by atoms with E-state index >= 15 is 0 Å². The summed E-state index contributed by atoms with van der Waals surface area (Å²) in [5.74, 6) is 1.62. The van der Waals surface area contributed by atoms with Crippen LogP contribution in [0.2, 0.25) is 0 Å². The van der Waals surface area contributed by atoms with E-state index < -0.39 is 0 Å². The predicted molar refractivity (Wildman–Crippen MR) is 77.5 cm³/mol. The van der Waals surface area contributed by atoms with Crippen molar-refractivity contribution in [3.05, 3.63) is 30.6 Å². The van der Waals surface area contributed by atoms with Crippen LogP contribution < -0.4 is 9.47 Å². The lowest BCUT2D eigenvalue weighted by molar-refractivity contribution is -0.0394. The third-order valence-electron chi connectivity index (χ3n) is 3.93. The van der Waals surface area contributed by atoms with E-state index in [9.17, 15) is 0 Å². The molecule has 1 saturated heterocycles. The summed E-state index contributed by atoms with van der Waals surface area (Å²) in [5.41, 5.74) is 2.16. The van der Waals surface area contributed by atoms with Crippen molar-refractivity contribution in [2.75, 3.05) is 19.8 Å². The number of fused-ring (bicyclic) bond motifs is 1. The van der Waals surface area contributed by atoms with Gasteiger partial charge in [-0.15, -0.1) is 0 Å². The molecule has 4 rings (SSSR count). The molecule has 1 aromatic carbocycles. The summed E-state index contributed by atoms with van der Waals surface area (Å²) >= 11 is 0. The number of hydrogen-bond donors (Lipinski definition) is 0. The van der Waals surface area contributed by atoms with Crippen LogP contribution in [0.15, 0.2) is 30.6 Å². The summed E-state index contributed by atoms with van der Waals surface area (Å²) < 4.78 is 18.9. The molecule has 2 aliphatic rings. The average Bonchev–Trinajstić information content (AvgIpc) is 3.05. The number of aromatic nitrogens is 2. The largest absolute Gasteiger partial charge is 0.486 e. The number of rotatable bonds is 2. The SMILES string of the molecule is c1cc2c(cc1-c1cnn(C3CCCCO3)c1)OCCO2. The fourth-order valence-electron chi connectivity index (χ4n) is 2.80. The Morgan fingerprint density at radius 2 is 1.90 bits per heavy atom. The number of nitrogens with zero attached hydrogens (tertiary/aromatic N) is 2. The summed E-state index contributed by atoms with van der Waals surface area (Å²) in [6.45, 7) is 2.04. The van der Waals surface area contributed by atoms with Crippen molar-refractivity contribution in [2.24, 2.45) is 0 Å². The van der Waals surface area contributed by atoms with Gasteiger partial charge in [-0.25, -0.2) is 4.68 Å². The van der Waals surface area contributed by atoms with Crippen molar-refractivity contribution in [1.82, 2.24) is 9.78 Å². The lowest BCUT2D eigenvalue weighted by Gasteiger charge is -2.22. The van der Waals surface area contributed by atoms with Gasteiger partial charge in [0.15, 0.2) is 11.5 Å². The molecule has 5 heteroatoms. The minimum absolute atomic E-state index is 0.0738. The Labute approximate surface area is 123 Å². The standard InChI is InChI=1S/C16H18N2O3/c1-2-6-21-16(3-1)18-11-13(10-17-18)12-4-5-14-15(9-12)20-8-7-19-14/h4-5,9-11,16H,1-3,6-8H2. The Hall–Kier alpha value is -2.01. The molecule has 0 amide bonds. The van der Waals surface area contributed by atoms with Crippen molar-refractivity contribution in [2.45, 2.75) is 25.5 Å². The fraction of sp³-hybridized carbons (Fsp3) is 0.438. The van der Waals surface area contributed by atoms with E-state index in [0.717, 1.165) is 42.1 Å². The lowest BCUT2D eigenvalue weighted by atomic mass is 10.1. The highest BCUT2D eigenvalue weighted by Crippen LogP contribution is 2.34. The van der Waals surface area contributed by atoms with E-state index in [1.54, 1.807) is 0 Å². The zero-order valence-corrected chi connectivity index (χ0v) is 11.8. The van der Waals surface area contributed by atoms with Crippen LogP contribution >= 0.6 is 0 Å². The van der Waals surface area contributed by atoms with Gasteiger partial charge in [-0.1, -0.05) is 6.07 Å². The molecule has 0 aliphatic carbocycles. The first-order valence-corrected chi connectivity index (χ1v) is 7.46. The van der Waals surface area contributed by atoms with Crippen molar-refractivity contribution < 1.29 is 14.2 Å². The highest BCUT2D eigenvalue weighted by Gasteiger charge is 2.18. The van der Waals surface area contributed by atoms with Crippen molar-refractivity contribution in [3.8, 4) is 22.6 Å². The highest BCUT2D eigenvalue weighted by atomic mass is 16.6. The summed E-state index contributed by atoms with van der Waals surface area (Å²) in [6, 6.07) is 6.01. The first kappa shape index (κ1) is 12.7. The Bertz CT molecular complexity index is 632. The van der Waals surface area contributed by atoms with E-state index in [4.69, 9.17) is 14.2 Å². The van der Waals surface area contributed by atoms with E-state index in [2.05, 4.69) is 5.10 Å². The quantitative estimate of drug-likeness (QED) is 0.851. The molecule has 0 spiro atoms. The number of ether oxygens (including phenoxy) is 3. The molecule has 2 aromatic rings. The van der Waals surface area contributed by atoms with Crippen LogP contribution in [0, 0.1) is 0 Å². The molecule has 1 unspecified atom stereocenters. The van der Waals surface area contributed by atoms with Crippen molar-refractivity contribution in [1.29, 1.82) is 0 Å². The lowest BCUT2D eigenvalue weighted by Crippen LogP contribution is -2.18. The molecule has 0 saturated carbocycles. The van der Waals surface area contributed by atoms with Crippen LogP contribution in [0.1, 0.15) is 25.5 Å². The highest BCUT2D eigenvalue weighted by molar-refractivity contribution is 5.66. The maximum atomic E-state index is 5.76. The molecule has 3 heterocycles. The molecule has 1 aromatic heterocycles. The Balaban J connectivity index is 1.60. The summed E-state index contributed by atoms with van der Waals surface area (Å²) in [5, 5.41) is 4.45. The van der Waals surface area contributed by atoms with Crippen molar-refractivity contribution >= 4 is 0 Å². The minimum atomic E-state index is 0.0738. The normalized spacial score (nSPS) is 21.2. The smallest absolute Gasteiger partial charge is 0.161 e. The summed E-state index contributed by atoms with van der Waals surface area (Å²) in [6.07, 6.45) is 7.37. The van der Waals surface area contributed by atoms with Crippen LogP contribution in [-0.2, 0) is 4.74 Å². The minimum Gasteiger partial charge on any atom is -0.486 e. The van der Waals surface area contributed by atoms with Gasteiger partial charge in [-0.05, 0) is 37.0 Å². The second-order valence-corrected chi connectivity index (χ2v) is 5.39. The van der Waals surface area contributed by atoms with Gasteiger partial charge in [0.2, 0.25) is 0 Å². The molecule has 1 fully saturated rings. The van der Waals surface area contributed by atoms with Crippen LogP contribution in [-0.4, -0.2) is 29.6 Å². The molecule has 0 N–H and O–H groups in total. The third kappa shape index (κ3) is 2.49. The molecular weight excluding hydrogens is 268 g/mol. The molecule has 2 aliphatic heterocycles. The Kier molecular flexibility index (Phi) is 3.27. The molecule has 0 radical (unpaired) electrons. The molecule has 110 valence electrons. The number of benzene rings is 1. The predicted octanol–water partition coefficient (Wildman–Crippen LogP) is 3.02. The second-order valence-electron chi connectivity index (χ2n) is 5.39. The van der Waals surface area contributed by atoms with Crippen molar-refractivity contribution in [3.63, 3.8) is 0 Å². The molecular formula is C16H18N2O3. The Morgan fingerprint density at radius 3 is 2.76 bits per heavy atom. The maximum Gasteiger partial charge on any atom is 0.161 e. The average molecular weight is 286 g/mol. The van der Waals surface area contributed by atoms with E-state index in [-0.39, 0.29) is 6.23 Å². The van der Waals surface area contributed by atoms with Gasteiger partial charge < -0.3 is 14.2 Å². The van der Waals surface area contributed by atoms with Crippen LogP contribution in [0.25, 0.3) is 11.1 Å². The zero-order chi connectivity index (χ0) is 14.1. The van der Waals surface area contributed by atoms with Gasteiger partial charge in [0, 0.05) is 18.4 Å². The first-order valence-electron chi connectivity index (χ1n) is 7.46. The van der Waals surface area contributed by atoms with E-state index in [1.165, 1.54) is 6.42 Å². The third-order valence-corrected chi connectivity index (χ3v) is 3.93. The zero-order valence-electron chi connectivity index (χ0n) is 11.8. The fourth-order valence-corrected chi connectivity index (χ4v) is 2.80. The van der Waals surface area contributed by atoms with Gasteiger partial charge in [-0.2, -0.15) is 5.10 Å². The summed E-state index contributed by atoms with van der Waals surface area (Å²) in [7, 11) is 0. The maximum absolute atomic E-state index is 5.76. The monoisotopic (exact) mass is 286 g/mol. The van der Waals surface area contributed by atoms with Gasteiger partial charge in [0.25, 0.3) is 0 Å². The molecule has 1 atom stereocenters. The Morgan fingerprint density at radius 1 is 1.00 bits per heavy atom. The van der Waals surface area contributed by atoms with Gasteiger partial charge in [0.05, 0.1) is 6.20 Å². The van der Waals surface area contributed by atoms with Gasteiger partial charge >= 0.3 is 0 Å². The number of hydrogen-bond acceptors (Lipinski definition) is 4. The molecule has 0 bridgehead atoms. The molecule has 5 nitrogen and oxygen atoms in total. The van der Waals surface area contributed by atoms with E-state index in [0.29, 0.717) is 13.2 Å². The van der Waals surface area contributed by atoms with Gasteiger partial charge in [0.1, 0.15) is 19.4 Å². The molecule has 21 heavy (non-hydrogen) atoms. The van der Waals surface area contributed by atoms with Gasteiger partial charge in [-0.3, -0.25) is 0 Å². The van der Waals surface area contributed by atoms with Crippen LogP contribution in [0.3, 0.4) is 0 Å². The van der Waals surface area contributed by atoms with Crippen LogP contribution in [0.5, 0.6) is 11.5 Å². The topological polar surface area (TPSA) is 45.5 Å². The van der Waals surface area contributed by atoms with E-state index in [1.807, 2.05) is 35.3 Å². The summed E-state index contributed by atoms with van der Waals surface area (Å²) in [4.78, 5) is 0. The van der Waals surface area contributed by atoms with Crippen LogP contribution in [0.4, 0.5) is 0 Å².